The normalized spacial score (nSPS) is 12.3. The van der Waals surface area contributed by atoms with Crippen molar-refractivity contribution in [2.45, 2.75) is 6.18 Å². The second-order valence-corrected chi connectivity index (χ2v) is 6.06. The minimum atomic E-state index is -4.76. The number of carbonyl (C=O) groups is 1. The SMILES string of the molecule is CS(=O)(=O)NC(=O)c1ccc(Br)cc1C(F)(F)F. The largest absolute Gasteiger partial charge is 0.417 e. The molecule has 9 heteroatoms. The van der Waals surface area contributed by atoms with Gasteiger partial charge in [-0.25, -0.2) is 13.1 Å². The van der Waals surface area contributed by atoms with E-state index in [1.807, 2.05) is 0 Å². The lowest BCUT2D eigenvalue weighted by Gasteiger charge is -2.12. The maximum absolute atomic E-state index is 12.7. The lowest BCUT2D eigenvalue weighted by molar-refractivity contribution is -0.138. The first kappa shape index (κ1) is 15.0. The predicted octanol–water partition coefficient (Wildman–Crippen LogP) is 2.16. The molecule has 0 aliphatic carbocycles. The summed E-state index contributed by atoms with van der Waals surface area (Å²) in [4.78, 5) is 11.4. The predicted molar refractivity (Wildman–Crippen MR) is 61.5 cm³/mol. The van der Waals surface area contributed by atoms with Gasteiger partial charge in [-0.2, -0.15) is 13.2 Å². The monoisotopic (exact) mass is 345 g/mol. The number of hydrogen-bond donors (Lipinski definition) is 1. The van der Waals surface area contributed by atoms with Crippen LogP contribution in [0.4, 0.5) is 13.2 Å². The average molecular weight is 346 g/mol. The topological polar surface area (TPSA) is 63.2 Å². The average Bonchev–Trinajstić information content (AvgIpc) is 2.13. The van der Waals surface area contributed by atoms with Crippen LogP contribution in [-0.2, 0) is 16.2 Å². The van der Waals surface area contributed by atoms with E-state index >= 15 is 0 Å². The van der Waals surface area contributed by atoms with E-state index in [1.54, 1.807) is 0 Å². The number of sulfonamides is 1. The zero-order valence-electron chi connectivity index (χ0n) is 8.88. The fourth-order valence-electron chi connectivity index (χ4n) is 1.17. The van der Waals surface area contributed by atoms with Gasteiger partial charge in [-0.3, -0.25) is 4.79 Å². The van der Waals surface area contributed by atoms with Crippen molar-refractivity contribution in [1.29, 1.82) is 0 Å². The molecule has 0 fully saturated rings. The van der Waals surface area contributed by atoms with Gasteiger partial charge in [0.15, 0.2) is 0 Å². The number of benzene rings is 1. The van der Waals surface area contributed by atoms with E-state index in [0.29, 0.717) is 12.3 Å². The highest BCUT2D eigenvalue weighted by atomic mass is 79.9. The molecular formula is C9H7BrF3NO3S. The molecular weight excluding hydrogens is 339 g/mol. The molecule has 1 aromatic carbocycles. The van der Waals surface area contributed by atoms with Gasteiger partial charge in [0, 0.05) is 4.47 Å². The highest BCUT2D eigenvalue weighted by molar-refractivity contribution is 9.10. The molecule has 1 N–H and O–H groups in total. The van der Waals surface area contributed by atoms with Crippen LogP contribution in [0.1, 0.15) is 15.9 Å². The third-order valence-corrected chi connectivity index (χ3v) is 2.86. The summed E-state index contributed by atoms with van der Waals surface area (Å²) in [5.41, 5.74) is -1.96. The molecule has 0 atom stereocenters. The van der Waals surface area contributed by atoms with E-state index < -0.39 is 33.2 Å². The Hall–Kier alpha value is -1.09. The summed E-state index contributed by atoms with van der Waals surface area (Å²) in [5.74, 6) is -1.32. The lowest BCUT2D eigenvalue weighted by atomic mass is 10.1. The van der Waals surface area contributed by atoms with Gasteiger partial charge in [0.2, 0.25) is 10.0 Å². The number of halogens is 4. The molecule has 0 radical (unpaired) electrons. The van der Waals surface area contributed by atoms with Crippen molar-refractivity contribution >= 4 is 31.9 Å². The molecule has 0 saturated carbocycles. The molecule has 18 heavy (non-hydrogen) atoms. The van der Waals surface area contributed by atoms with E-state index in [4.69, 9.17) is 0 Å². The summed E-state index contributed by atoms with van der Waals surface area (Å²) in [5, 5.41) is 0. The molecule has 0 aliphatic rings. The van der Waals surface area contributed by atoms with E-state index in [2.05, 4.69) is 15.9 Å². The summed E-state index contributed by atoms with van der Waals surface area (Å²) in [7, 11) is -3.92. The van der Waals surface area contributed by atoms with E-state index in [-0.39, 0.29) is 4.47 Å². The van der Waals surface area contributed by atoms with E-state index in [9.17, 15) is 26.4 Å². The molecule has 1 amide bonds. The zero-order chi connectivity index (χ0) is 14.1. The number of hydrogen-bond acceptors (Lipinski definition) is 3. The van der Waals surface area contributed by atoms with Crippen LogP contribution >= 0.6 is 15.9 Å². The number of nitrogens with one attached hydrogen (secondary N) is 1. The Balaban J connectivity index is 3.29. The van der Waals surface area contributed by atoms with Gasteiger partial charge in [0.25, 0.3) is 5.91 Å². The first-order valence-corrected chi connectivity index (χ1v) is 7.08. The van der Waals surface area contributed by atoms with Crippen molar-refractivity contribution < 1.29 is 26.4 Å². The van der Waals surface area contributed by atoms with Crippen molar-refractivity contribution in [3.05, 3.63) is 33.8 Å². The third-order valence-electron chi connectivity index (χ3n) is 1.81. The molecule has 0 saturated heterocycles. The Kier molecular flexibility index (Phi) is 4.06. The first-order valence-electron chi connectivity index (χ1n) is 4.39. The highest BCUT2D eigenvalue weighted by Crippen LogP contribution is 2.33. The van der Waals surface area contributed by atoms with Crippen molar-refractivity contribution in [2.75, 3.05) is 6.26 Å². The molecule has 0 spiro atoms. The van der Waals surface area contributed by atoms with Crippen LogP contribution in [0.2, 0.25) is 0 Å². The number of carbonyl (C=O) groups excluding carboxylic acids is 1. The molecule has 0 heterocycles. The molecule has 0 bridgehead atoms. The second-order valence-electron chi connectivity index (χ2n) is 3.39. The third kappa shape index (κ3) is 3.98. The minimum absolute atomic E-state index is 0.130. The fraction of sp³-hybridized carbons (Fsp3) is 0.222. The van der Waals surface area contributed by atoms with Crippen LogP contribution in [0.15, 0.2) is 22.7 Å². The summed E-state index contributed by atoms with van der Waals surface area (Å²) < 4.78 is 61.3. The Morgan fingerprint density at radius 2 is 1.89 bits per heavy atom. The minimum Gasteiger partial charge on any atom is -0.268 e. The van der Waals surface area contributed by atoms with Gasteiger partial charge in [-0.1, -0.05) is 15.9 Å². The Morgan fingerprint density at radius 3 is 2.33 bits per heavy atom. The number of amides is 1. The second kappa shape index (κ2) is 4.88. The molecule has 0 unspecified atom stereocenters. The standard InChI is InChI=1S/C9H7BrF3NO3S/c1-18(16,17)14-8(15)6-3-2-5(10)4-7(6)9(11,12)13/h2-4H,1H3,(H,14,15). The van der Waals surface area contributed by atoms with Gasteiger partial charge in [-0.15, -0.1) is 0 Å². The van der Waals surface area contributed by atoms with Gasteiger partial charge in [-0.05, 0) is 18.2 Å². The van der Waals surface area contributed by atoms with Crippen molar-refractivity contribution in [1.82, 2.24) is 4.72 Å². The Bertz CT molecular complexity index is 583. The van der Waals surface area contributed by atoms with E-state index in [1.165, 1.54) is 10.8 Å². The van der Waals surface area contributed by atoms with Crippen LogP contribution in [0.5, 0.6) is 0 Å². The quantitative estimate of drug-likeness (QED) is 0.893. The van der Waals surface area contributed by atoms with Gasteiger partial charge in [0.05, 0.1) is 17.4 Å². The summed E-state index contributed by atoms with van der Waals surface area (Å²) in [6.45, 7) is 0. The smallest absolute Gasteiger partial charge is 0.268 e. The van der Waals surface area contributed by atoms with Crippen molar-refractivity contribution in [3.8, 4) is 0 Å². The van der Waals surface area contributed by atoms with E-state index in [0.717, 1.165) is 6.07 Å². The Morgan fingerprint density at radius 1 is 1.33 bits per heavy atom. The van der Waals surface area contributed by atoms with Crippen LogP contribution in [0.25, 0.3) is 0 Å². The molecule has 1 aromatic rings. The summed E-state index contributed by atoms with van der Waals surface area (Å²) >= 11 is 2.85. The van der Waals surface area contributed by atoms with Gasteiger partial charge >= 0.3 is 6.18 Å². The highest BCUT2D eigenvalue weighted by Gasteiger charge is 2.35. The zero-order valence-corrected chi connectivity index (χ0v) is 11.3. The fourth-order valence-corrected chi connectivity index (χ4v) is 1.98. The van der Waals surface area contributed by atoms with Crippen LogP contribution < -0.4 is 4.72 Å². The van der Waals surface area contributed by atoms with Crippen molar-refractivity contribution in [2.24, 2.45) is 0 Å². The maximum atomic E-state index is 12.7. The first-order chi connectivity index (χ1) is 8.00. The summed E-state index contributed by atoms with van der Waals surface area (Å²) in [6, 6.07) is 2.82. The van der Waals surface area contributed by atoms with Crippen LogP contribution in [0, 0.1) is 0 Å². The molecule has 100 valence electrons. The number of rotatable bonds is 2. The van der Waals surface area contributed by atoms with Gasteiger partial charge in [0.1, 0.15) is 0 Å². The maximum Gasteiger partial charge on any atom is 0.417 e. The number of alkyl halides is 3. The lowest BCUT2D eigenvalue weighted by Crippen LogP contribution is -2.31. The molecule has 4 nitrogen and oxygen atoms in total. The van der Waals surface area contributed by atoms with Gasteiger partial charge < -0.3 is 0 Å². The molecule has 0 aromatic heterocycles. The summed E-state index contributed by atoms with van der Waals surface area (Å²) in [6.07, 6.45) is -4.08. The Labute approximate surface area is 109 Å². The van der Waals surface area contributed by atoms with Crippen molar-refractivity contribution in [3.63, 3.8) is 0 Å². The molecule has 1 rings (SSSR count). The van der Waals surface area contributed by atoms with Crippen LogP contribution in [-0.4, -0.2) is 20.6 Å². The van der Waals surface area contributed by atoms with Crippen LogP contribution in [0.3, 0.4) is 0 Å². The molecule has 0 aliphatic heterocycles.